The molecule has 1 unspecified atom stereocenters. The van der Waals surface area contributed by atoms with Crippen LogP contribution in [0, 0.1) is 0 Å². The van der Waals surface area contributed by atoms with Gasteiger partial charge in [0.2, 0.25) is 0 Å². The minimum absolute atomic E-state index is 0.167. The molecule has 4 rings (SSSR count). The lowest BCUT2D eigenvalue weighted by Gasteiger charge is -2.04. The first-order chi connectivity index (χ1) is 12.1. The van der Waals surface area contributed by atoms with Crippen LogP contribution in [0.5, 0.6) is 5.75 Å². The van der Waals surface area contributed by atoms with Crippen molar-refractivity contribution in [2.75, 3.05) is 13.2 Å². The number of aliphatic hydroxyl groups is 1. The molecule has 1 saturated heterocycles. The zero-order valence-corrected chi connectivity index (χ0v) is 14.6. The van der Waals surface area contributed by atoms with Gasteiger partial charge in [-0.05, 0) is 31.5 Å². The van der Waals surface area contributed by atoms with Crippen LogP contribution in [0.4, 0.5) is 0 Å². The Kier molecular flexibility index (Phi) is 5.68. The van der Waals surface area contributed by atoms with E-state index in [1.54, 1.807) is 13.8 Å². The fourth-order valence-corrected chi connectivity index (χ4v) is 2.39. The summed E-state index contributed by atoms with van der Waals surface area (Å²) in [5, 5.41) is 13.7. The monoisotopic (exact) mass is 340 g/mol. The number of aromatic nitrogens is 2. The van der Waals surface area contributed by atoms with Gasteiger partial charge in [-0.25, -0.2) is 0 Å². The van der Waals surface area contributed by atoms with Gasteiger partial charge in [0.25, 0.3) is 0 Å². The van der Waals surface area contributed by atoms with E-state index in [1.165, 1.54) is 5.56 Å². The summed E-state index contributed by atoms with van der Waals surface area (Å²) in [6, 6.07) is 16.3. The quantitative estimate of drug-likeness (QED) is 0.724. The molecule has 5 heteroatoms. The van der Waals surface area contributed by atoms with Crippen molar-refractivity contribution in [2.45, 2.75) is 32.6 Å². The van der Waals surface area contributed by atoms with E-state index < -0.39 is 0 Å². The number of hydrogen-bond donors (Lipinski definition) is 1. The minimum Gasteiger partial charge on any atom is -0.490 e. The maximum absolute atomic E-state index is 8.06. The van der Waals surface area contributed by atoms with Gasteiger partial charge in [0.1, 0.15) is 18.5 Å². The maximum Gasteiger partial charge on any atom is 0.130 e. The molecule has 1 atom stereocenters. The van der Waals surface area contributed by atoms with E-state index >= 15 is 0 Å². The molecule has 0 spiro atoms. The van der Waals surface area contributed by atoms with Crippen molar-refractivity contribution in [1.82, 2.24) is 9.78 Å². The van der Waals surface area contributed by atoms with Crippen molar-refractivity contribution >= 4 is 10.9 Å². The zero-order valence-electron chi connectivity index (χ0n) is 14.6. The smallest absolute Gasteiger partial charge is 0.130 e. The van der Waals surface area contributed by atoms with Crippen LogP contribution in [-0.4, -0.2) is 40.3 Å². The van der Waals surface area contributed by atoms with E-state index in [-0.39, 0.29) is 12.2 Å². The standard InChI is InChI=1S/C17H16N2O2.C3H8O/c1-2-5-13(6-3-1)9-19-10-15-16(18-19)7-4-8-17(15)21-12-14-11-20-14;1-3(2)4/h1-8,10,14H,9,11-12H2;3-4H,1-2H3. The lowest BCUT2D eigenvalue weighted by molar-refractivity contribution is 0.216. The Bertz CT molecular complexity index is 792. The van der Waals surface area contributed by atoms with E-state index in [1.807, 2.05) is 47.3 Å². The number of benzene rings is 2. The van der Waals surface area contributed by atoms with Crippen molar-refractivity contribution in [3.63, 3.8) is 0 Å². The number of rotatable bonds is 5. The molecule has 1 N–H and O–H groups in total. The molecule has 0 amide bonds. The zero-order chi connectivity index (χ0) is 17.6. The van der Waals surface area contributed by atoms with Gasteiger partial charge in [-0.1, -0.05) is 36.4 Å². The molecule has 0 bridgehead atoms. The molecule has 5 nitrogen and oxygen atoms in total. The highest BCUT2D eigenvalue weighted by Gasteiger charge is 2.23. The second-order valence-corrected chi connectivity index (χ2v) is 6.36. The third kappa shape index (κ3) is 5.31. The molecule has 25 heavy (non-hydrogen) atoms. The Hall–Kier alpha value is -2.37. The lowest BCUT2D eigenvalue weighted by Crippen LogP contribution is -2.03. The van der Waals surface area contributed by atoms with Crippen molar-refractivity contribution in [3.8, 4) is 5.75 Å². The molecule has 132 valence electrons. The highest BCUT2D eigenvalue weighted by Crippen LogP contribution is 2.26. The molecule has 0 saturated carbocycles. The average molecular weight is 340 g/mol. The van der Waals surface area contributed by atoms with Crippen molar-refractivity contribution < 1.29 is 14.6 Å². The minimum atomic E-state index is -0.167. The van der Waals surface area contributed by atoms with Gasteiger partial charge in [0.15, 0.2) is 0 Å². The van der Waals surface area contributed by atoms with E-state index in [0.29, 0.717) is 6.61 Å². The van der Waals surface area contributed by atoms with Crippen LogP contribution < -0.4 is 4.74 Å². The molecule has 1 fully saturated rings. The Labute approximate surface area is 147 Å². The predicted octanol–water partition coefficient (Wildman–Crippen LogP) is 3.25. The van der Waals surface area contributed by atoms with Crippen molar-refractivity contribution in [2.24, 2.45) is 0 Å². The molecule has 1 aromatic heterocycles. The second-order valence-electron chi connectivity index (χ2n) is 6.36. The van der Waals surface area contributed by atoms with Crippen LogP contribution in [0.15, 0.2) is 54.7 Å². The first-order valence-corrected chi connectivity index (χ1v) is 8.54. The Balaban J connectivity index is 0.000000415. The molecule has 2 heterocycles. The summed E-state index contributed by atoms with van der Waals surface area (Å²) in [6.07, 6.45) is 2.14. The third-order valence-electron chi connectivity index (χ3n) is 3.57. The maximum atomic E-state index is 8.06. The van der Waals surface area contributed by atoms with Crippen LogP contribution in [-0.2, 0) is 11.3 Å². The Morgan fingerprint density at radius 3 is 2.60 bits per heavy atom. The highest BCUT2D eigenvalue weighted by atomic mass is 16.6. The Morgan fingerprint density at radius 2 is 1.92 bits per heavy atom. The van der Waals surface area contributed by atoms with E-state index in [2.05, 4.69) is 17.2 Å². The summed E-state index contributed by atoms with van der Waals surface area (Å²) >= 11 is 0. The fraction of sp³-hybridized carbons (Fsp3) is 0.350. The molecular formula is C20H24N2O3. The summed E-state index contributed by atoms with van der Waals surface area (Å²) in [5.41, 5.74) is 2.19. The number of epoxide rings is 1. The van der Waals surface area contributed by atoms with Crippen LogP contribution in [0.1, 0.15) is 19.4 Å². The summed E-state index contributed by atoms with van der Waals surface area (Å²) in [7, 11) is 0. The molecule has 1 aliphatic heterocycles. The van der Waals surface area contributed by atoms with E-state index in [4.69, 9.17) is 14.6 Å². The summed E-state index contributed by atoms with van der Waals surface area (Å²) in [4.78, 5) is 0. The van der Waals surface area contributed by atoms with E-state index in [9.17, 15) is 0 Å². The largest absolute Gasteiger partial charge is 0.490 e. The lowest BCUT2D eigenvalue weighted by atomic mass is 10.2. The van der Waals surface area contributed by atoms with E-state index in [0.717, 1.165) is 29.8 Å². The molecule has 2 aromatic carbocycles. The predicted molar refractivity (Wildman–Crippen MR) is 97.9 cm³/mol. The molecule has 1 aliphatic rings. The van der Waals surface area contributed by atoms with Gasteiger partial charge in [0, 0.05) is 12.3 Å². The van der Waals surface area contributed by atoms with Gasteiger partial charge >= 0.3 is 0 Å². The number of ether oxygens (including phenoxy) is 2. The normalized spacial score (nSPS) is 15.8. The molecule has 3 aromatic rings. The van der Waals surface area contributed by atoms with Gasteiger partial charge in [0.05, 0.1) is 24.1 Å². The van der Waals surface area contributed by atoms with Gasteiger partial charge in [-0.3, -0.25) is 4.68 Å². The van der Waals surface area contributed by atoms with Crippen LogP contribution in [0.25, 0.3) is 10.9 Å². The van der Waals surface area contributed by atoms with Gasteiger partial charge in [-0.2, -0.15) is 5.10 Å². The highest BCUT2D eigenvalue weighted by molar-refractivity contribution is 5.84. The number of fused-ring (bicyclic) bond motifs is 1. The van der Waals surface area contributed by atoms with Crippen molar-refractivity contribution in [1.29, 1.82) is 0 Å². The molecule has 0 aliphatic carbocycles. The fourth-order valence-electron chi connectivity index (χ4n) is 2.39. The van der Waals surface area contributed by atoms with Crippen molar-refractivity contribution in [3.05, 3.63) is 60.3 Å². The van der Waals surface area contributed by atoms with Gasteiger partial charge < -0.3 is 14.6 Å². The van der Waals surface area contributed by atoms with Crippen LogP contribution in [0.2, 0.25) is 0 Å². The summed E-state index contributed by atoms with van der Waals surface area (Å²) in [5.74, 6) is 0.877. The Morgan fingerprint density at radius 1 is 1.20 bits per heavy atom. The molecule has 0 radical (unpaired) electrons. The SMILES string of the molecule is CC(C)O.c1ccc(Cn2cc3c(OCC4CO4)cccc3n2)cc1. The molecular weight excluding hydrogens is 316 g/mol. The number of nitrogens with zero attached hydrogens (tertiary/aromatic N) is 2. The first kappa shape index (κ1) is 17.5. The summed E-state index contributed by atoms with van der Waals surface area (Å²) in [6.45, 7) is 5.63. The second kappa shape index (κ2) is 8.14. The topological polar surface area (TPSA) is 59.8 Å². The number of aliphatic hydroxyl groups excluding tert-OH is 1. The third-order valence-corrected chi connectivity index (χ3v) is 3.57. The first-order valence-electron chi connectivity index (χ1n) is 8.54. The average Bonchev–Trinajstić information content (AvgIpc) is 3.32. The van der Waals surface area contributed by atoms with Gasteiger partial charge in [-0.15, -0.1) is 0 Å². The number of hydrogen-bond acceptors (Lipinski definition) is 4. The van der Waals surface area contributed by atoms with Crippen LogP contribution >= 0.6 is 0 Å². The summed E-state index contributed by atoms with van der Waals surface area (Å²) < 4.78 is 13.0. The van der Waals surface area contributed by atoms with Crippen LogP contribution in [0.3, 0.4) is 0 Å².